The molecule has 7 nitrogen and oxygen atoms in total. The van der Waals surface area contributed by atoms with Crippen molar-refractivity contribution in [3.8, 4) is 0 Å². The van der Waals surface area contributed by atoms with Gasteiger partial charge in [0.2, 0.25) is 0 Å². The highest BCUT2D eigenvalue weighted by molar-refractivity contribution is 7.80. The second-order valence-corrected chi connectivity index (χ2v) is 5.44. The van der Waals surface area contributed by atoms with Crippen LogP contribution in [0.2, 0.25) is 0 Å². The van der Waals surface area contributed by atoms with Gasteiger partial charge in [0.1, 0.15) is 0 Å². The first-order valence-electron chi connectivity index (χ1n) is 6.23. The molecule has 1 amide bonds. The van der Waals surface area contributed by atoms with E-state index in [4.69, 9.17) is 4.55 Å². The zero-order valence-corrected chi connectivity index (χ0v) is 13.9. The average molecular weight is 310 g/mol. The Labute approximate surface area is 122 Å². The summed E-state index contributed by atoms with van der Waals surface area (Å²) in [6.45, 7) is 11.5. The summed E-state index contributed by atoms with van der Waals surface area (Å²) in [6, 6.07) is 0. The molecule has 0 saturated heterocycles. The van der Waals surface area contributed by atoms with Crippen LogP contribution in [-0.2, 0) is 19.4 Å². The Bertz CT molecular complexity index is 406. The maximum atomic E-state index is 11.5. The van der Waals surface area contributed by atoms with Gasteiger partial charge in [-0.15, -0.1) is 0 Å². The van der Waals surface area contributed by atoms with Gasteiger partial charge in [-0.2, -0.15) is 8.42 Å². The molecule has 0 saturated carbocycles. The first kappa shape index (κ1) is 21.3. The Morgan fingerprint density at radius 3 is 1.90 bits per heavy atom. The predicted molar refractivity (Wildman–Crippen MR) is 78.5 cm³/mol. The normalized spacial score (nSPS) is 12.4. The van der Waals surface area contributed by atoms with Crippen LogP contribution in [-0.4, -0.2) is 62.1 Å². The summed E-state index contributed by atoms with van der Waals surface area (Å²) in [5.41, 5.74) is 0.266. The molecule has 20 heavy (non-hydrogen) atoms. The molecule has 0 aromatic carbocycles. The van der Waals surface area contributed by atoms with Crippen molar-refractivity contribution in [1.82, 2.24) is 9.80 Å². The monoisotopic (exact) mass is 310 g/mol. The molecule has 0 aliphatic heterocycles. The number of rotatable bonds is 6. The van der Waals surface area contributed by atoms with Gasteiger partial charge in [0.05, 0.1) is 0 Å². The van der Waals surface area contributed by atoms with Crippen LogP contribution in [0.4, 0.5) is 0 Å². The highest BCUT2D eigenvalue weighted by Crippen LogP contribution is 2.08. The van der Waals surface area contributed by atoms with E-state index in [9.17, 15) is 13.2 Å². The summed E-state index contributed by atoms with van der Waals surface area (Å²) in [5, 5.41) is 0. The Balaban J connectivity index is 0. The second-order valence-electron chi connectivity index (χ2n) is 4.39. The van der Waals surface area contributed by atoms with Gasteiger partial charge in [0.25, 0.3) is 5.91 Å². The van der Waals surface area contributed by atoms with Crippen LogP contribution in [0.5, 0.6) is 0 Å². The lowest BCUT2D eigenvalue weighted by atomic mass is 10.3. The minimum Gasteiger partial charge on any atom is -0.312 e. The molecule has 0 spiro atoms. The van der Waals surface area contributed by atoms with E-state index in [1.54, 1.807) is 6.92 Å². The lowest BCUT2D eigenvalue weighted by molar-refractivity contribution is -0.133. The highest BCUT2D eigenvalue weighted by atomic mass is 32.3. The van der Waals surface area contributed by atoms with Gasteiger partial charge in [-0.25, -0.2) is 4.18 Å². The van der Waals surface area contributed by atoms with E-state index in [2.05, 4.69) is 36.7 Å². The van der Waals surface area contributed by atoms with Gasteiger partial charge in [-0.05, 0) is 41.4 Å². The van der Waals surface area contributed by atoms with Crippen LogP contribution in [0.3, 0.4) is 0 Å². The number of hydrogen-bond donors (Lipinski definition) is 1. The molecule has 1 unspecified atom stereocenters. The molecule has 1 N–H and O–H groups in total. The summed E-state index contributed by atoms with van der Waals surface area (Å²) < 4.78 is 33.6. The number of amides is 1. The van der Waals surface area contributed by atoms with Gasteiger partial charge in [-0.1, -0.05) is 13.5 Å². The SMILES string of the molecule is C=C(C)C(=O)N(CC)C(C)OS(=O)(=O)O.CCN(C)C. The van der Waals surface area contributed by atoms with E-state index >= 15 is 0 Å². The fourth-order valence-corrected chi connectivity index (χ4v) is 1.49. The third-order valence-corrected chi connectivity index (χ3v) is 2.82. The third-order valence-electron chi connectivity index (χ3n) is 2.30. The molecule has 0 aromatic rings. The smallest absolute Gasteiger partial charge is 0.312 e. The molecule has 0 aliphatic carbocycles. The fourth-order valence-electron chi connectivity index (χ4n) is 1.04. The van der Waals surface area contributed by atoms with Gasteiger partial charge < -0.3 is 9.80 Å². The fraction of sp³-hybridized carbons (Fsp3) is 0.750. The van der Waals surface area contributed by atoms with Crippen molar-refractivity contribution in [2.75, 3.05) is 27.2 Å². The van der Waals surface area contributed by atoms with Crippen LogP contribution in [0.15, 0.2) is 12.2 Å². The van der Waals surface area contributed by atoms with Crippen molar-refractivity contribution >= 4 is 16.3 Å². The highest BCUT2D eigenvalue weighted by Gasteiger charge is 2.23. The number of likely N-dealkylation sites (N-methyl/N-ethyl adjacent to an activating group) is 1. The first-order chi connectivity index (χ1) is 8.96. The molecule has 0 fully saturated rings. The number of nitrogens with zero attached hydrogens (tertiary/aromatic N) is 2. The van der Waals surface area contributed by atoms with Gasteiger partial charge in [-0.3, -0.25) is 9.35 Å². The molecular formula is C12H26N2O5S. The lowest BCUT2D eigenvalue weighted by Crippen LogP contribution is -2.41. The molecule has 0 bridgehead atoms. The van der Waals surface area contributed by atoms with Gasteiger partial charge >= 0.3 is 10.4 Å². The van der Waals surface area contributed by atoms with Crippen LogP contribution in [0, 0.1) is 0 Å². The largest absolute Gasteiger partial charge is 0.399 e. The average Bonchev–Trinajstić information content (AvgIpc) is 2.27. The minimum atomic E-state index is -4.56. The van der Waals surface area contributed by atoms with Gasteiger partial charge in [0.15, 0.2) is 6.23 Å². The predicted octanol–water partition coefficient (Wildman–Crippen LogP) is 1.14. The lowest BCUT2D eigenvalue weighted by Gasteiger charge is -2.26. The second kappa shape index (κ2) is 9.87. The summed E-state index contributed by atoms with van der Waals surface area (Å²) in [4.78, 5) is 14.7. The maximum absolute atomic E-state index is 11.5. The molecule has 8 heteroatoms. The van der Waals surface area contributed by atoms with Crippen molar-refractivity contribution in [2.24, 2.45) is 0 Å². The molecule has 0 rings (SSSR count). The summed E-state index contributed by atoms with van der Waals surface area (Å²) >= 11 is 0. The molecular weight excluding hydrogens is 284 g/mol. The zero-order chi connectivity index (χ0) is 16.5. The molecule has 1 atom stereocenters. The molecule has 120 valence electrons. The van der Waals surface area contributed by atoms with Gasteiger partial charge in [0, 0.05) is 12.1 Å². The van der Waals surface area contributed by atoms with E-state index in [-0.39, 0.29) is 12.1 Å². The Kier molecular flexibility index (Phi) is 10.5. The van der Waals surface area contributed by atoms with Crippen LogP contribution in [0.25, 0.3) is 0 Å². The van der Waals surface area contributed by atoms with Crippen LogP contribution >= 0.6 is 0 Å². The van der Waals surface area contributed by atoms with E-state index in [1.807, 2.05) is 0 Å². The zero-order valence-electron chi connectivity index (χ0n) is 13.1. The van der Waals surface area contributed by atoms with E-state index in [1.165, 1.54) is 13.8 Å². The third kappa shape index (κ3) is 10.9. The van der Waals surface area contributed by atoms with E-state index in [0.717, 1.165) is 11.4 Å². The standard InChI is InChI=1S/C8H15NO5S.C4H11N/c1-5-9(8(10)6(2)3)7(4)14-15(11,12)13;1-4-5(2)3/h7H,2,5H2,1,3-4H3,(H,11,12,13);4H2,1-3H3. The van der Waals surface area contributed by atoms with Crippen molar-refractivity contribution in [2.45, 2.75) is 33.9 Å². The van der Waals surface area contributed by atoms with Crippen LogP contribution < -0.4 is 0 Å². The Hall–Kier alpha value is -0.960. The number of carbonyl (C=O) groups excluding carboxylic acids is 1. The Morgan fingerprint density at radius 1 is 1.30 bits per heavy atom. The number of carbonyl (C=O) groups is 1. The van der Waals surface area contributed by atoms with E-state index < -0.39 is 22.5 Å². The Morgan fingerprint density at radius 2 is 1.70 bits per heavy atom. The summed E-state index contributed by atoms with van der Waals surface area (Å²) in [7, 11) is -0.450. The molecule has 0 radical (unpaired) electrons. The first-order valence-corrected chi connectivity index (χ1v) is 7.59. The molecule has 0 heterocycles. The topological polar surface area (TPSA) is 87.1 Å². The molecule has 0 aliphatic rings. The summed E-state index contributed by atoms with van der Waals surface area (Å²) in [5.74, 6) is -0.423. The van der Waals surface area contributed by atoms with Crippen molar-refractivity contribution in [3.63, 3.8) is 0 Å². The summed E-state index contributed by atoms with van der Waals surface area (Å²) in [6.07, 6.45) is -1.06. The van der Waals surface area contributed by atoms with Crippen molar-refractivity contribution in [1.29, 1.82) is 0 Å². The number of hydrogen-bond acceptors (Lipinski definition) is 5. The van der Waals surface area contributed by atoms with Crippen molar-refractivity contribution < 1.29 is 21.9 Å². The molecule has 0 aromatic heterocycles. The maximum Gasteiger partial charge on any atom is 0.399 e. The quantitative estimate of drug-likeness (QED) is 0.450. The minimum absolute atomic E-state index is 0.252. The van der Waals surface area contributed by atoms with Crippen molar-refractivity contribution in [3.05, 3.63) is 12.2 Å². The van der Waals surface area contributed by atoms with E-state index in [0.29, 0.717) is 0 Å². The van der Waals surface area contributed by atoms with Crippen LogP contribution in [0.1, 0.15) is 27.7 Å².